The molecule has 3 nitrogen and oxygen atoms in total. The minimum absolute atomic E-state index is 0.490. The van der Waals surface area contributed by atoms with E-state index < -0.39 is 6.10 Å². The first-order chi connectivity index (χ1) is 10.7. The molecule has 1 atom stereocenters. The number of hydrogen-bond acceptors (Lipinski definition) is 3. The highest BCUT2D eigenvalue weighted by atomic mass is 16.3. The molecule has 0 bridgehead atoms. The van der Waals surface area contributed by atoms with Gasteiger partial charge in [0.1, 0.15) is 6.29 Å². The molecule has 22 heavy (non-hydrogen) atoms. The molecule has 0 heterocycles. The van der Waals surface area contributed by atoms with Crippen LogP contribution in [0, 0.1) is 0 Å². The Morgan fingerprint density at radius 3 is 2.64 bits per heavy atom. The fraction of sp³-hybridized carbons (Fsp3) is 0.421. The van der Waals surface area contributed by atoms with Gasteiger partial charge in [0.05, 0.1) is 6.10 Å². The average Bonchev–Trinajstić information content (AvgIpc) is 2.52. The molecule has 0 amide bonds. The summed E-state index contributed by atoms with van der Waals surface area (Å²) in [7, 11) is 0. The number of hydrogen-bond donors (Lipinski definition) is 2. The summed E-state index contributed by atoms with van der Waals surface area (Å²) in [6.07, 6.45) is 16.1. The van der Waals surface area contributed by atoms with Gasteiger partial charge in [-0.25, -0.2) is 0 Å². The number of unbranched alkanes of at least 4 members (excludes halogenated alkanes) is 1. The third kappa shape index (κ3) is 10.1. The summed E-state index contributed by atoms with van der Waals surface area (Å²) < 4.78 is 0. The molecule has 0 rings (SSSR count). The largest absolute Gasteiger partial charge is 0.387 e. The predicted molar refractivity (Wildman–Crippen MR) is 94.8 cm³/mol. The van der Waals surface area contributed by atoms with Crippen molar-refractivity contribution in [2.75, 3.05) is 13.1 Å². The first-order valence-electron chi connectivity index (χ1n) is 7.79. The zero-order valence-corrected chi connectivity index (χ0v) is 13.8. The second-order valence-corrected chi connectivity index (χ2v) is 4.88. The maximum atomic E-state index is 10.3. The molecular weight excluding hydrogens is 274 g/mol. The van der Waals surface area contributed by atoms with Gasteiger partial charge in [0.15, 0.2) is 0 Å². The quantitative estimate of drug-likeness (QED) is 0.329. The summed E-state index contributed by atoms with van der Waals surface area (Å²) in [6.45, 7) is 8.88. The molecular formula is C19H29NO2. The number of aliphatic hydroxyl groups excluding tert-OH is 1. The lowest BCUT2D eigenvalue weighted by atomic mass is 10.1. The molecule has 122 valence electrons. The zero-order valence-electron chi connectivity index (χ0n) is 13.8. The van der Waals surface area contributed by atoms with Crippen molar-refractivity contribution in [2.45, 2.75) is 39.2 Å². The molecule has 0 aromatic carbocycles. The van der Waals surface area contributed by atoms with Gasteiger partial charge in [-0.05, 0) is 44.4 Å². The first kappa shape index (κ1) is 20.3. The summed E-state index contributed by atoms with van der Waals surface area (Å²) >= 11 is 0. The Kier molecular flexibility index (Phi) is 13.1. The van der Waals surface area contributed by atoms with E-state index in [1.165, 1.54) is 0 Å². The molecule has 0 aliphatic heterocycles. The molecule has 0 saturated carbocycles. The molecule has 0 aromatic rings. The number of carbonyl (C=O) groups is 1. The van der Waals surface area contributed by atoms with Gasteiger partial charge in [-0.15, -0.1) is 0 Å². The summed E-state index contributed by atoms with van der Waals surface area (Å²) in [6, 6.07) is 0. The fourth-order valence-electron chi connectivity index (χ4n) is 1.95. The number of allylic oxidation sites excluding steroid dienone is 6. The molecule has 1 unspecified atom stereocenters. The Morgan fingerprint density at radius 1 is 1.27 bits per heavy atom. The minimum atomic E-state index is -0.490. The molecule has 0 aromatic heterocycles. The van der Waals surface area contributed by atoms with Gasteiger partial charge >= 0.3 is 0 Å². The van der Waals surface area contributed by atoms with E-state index in [1.54, 1.807) is 6.08 Å². The van der Waals surface area contributed by atoms with Gasteiger partial charge in [0.2, 0.25) is 0 Å². The van der Waals surface area contributed by atoms with E-state index in [2.05, 4.69) is 11.9 Å². The van der Waals surface area contributed by atoms with Crippen LogP contribution < -0.4 is 5.32 Å². The van der Waals surface area contributed by atoms with Gasteiger partial charge in [-0.3, -0.25) is 0 Å². The standard InChI is InChI=1S/C19H29NO2/c1-4-10-17(12-8-7-9-15-21)13-14-20-16-19(22)18(6-3)11-5-2/h4-6,8,10-12,15,19-20,22H,1,7,9,13-14,16H2,2-3H3/b11-5-,12-8-,17-10+,18-6+. The Labute approximate surface area is 134 Å². The van der Waals surface area contributed by atoms with Crippen LogP contribution in [-0.4, -0.2) is 30.6 Å². The number of carbonyl (C=O) groups excluding carboxylic acids is 1. The predicted octanol–water partition coefficient (Wildman–Crippen LogP) is 3.50. The topological polar surface area (TPSA) is 49.3 Å². The van der Waals surface area contributed by atoms with Crippen LogP contribution in [0.3, 0.4) is 0 Å². The second-order valence-electron chi connectivity index (χ2n) is 4.88. The van der Waals surface area contributed by atoms with E-state index in [0.29, 0.717) is 13.0 Å². The minimum Gasteiger partial charge on any atom is -0.387 e. The van der Waals surface area contributed by atoms with Crippen molar-refractivity contribution in [3.63, 3.8) is 0 Å². The lowest BCUT2D eigenvalue weighted by Gasteiger charge is -2.13. The lowest BCUT2D eigenvalue weighted by molar-refractivity contribution is -0.107. The molecule has 0 aliphatic rings. The van der Waals surface area contributed by atoms with Crippen LogP contribution in [0.5, 0.6) is 0 Å². The summed E-state index contributed by atoms with van der Waals surface area (Å²) in [5.74, 6) is 0. The monoisotopic (exact) mass is 303 g/mol. The zero-order chi connectivity index (χ0) is 16.6. The van der Waals surface area contributed by atoms with Crippen molar-refractivity contribution < 1.29 is 9.90 Å². The van der Waals surface area contributed by atoms with E-state index in [9.17, 15) is 9.90 Å². The third-order valence-electron chi connectivity index (χ3n) is 3.12. The number of nitrogens with one attached hydrogen (secondary N) is 1. The maximum Gasteiger partial charge on any atom is 0.120 e. The van der Waals surface area contributed by atoms with Gasteiger partial charge in [-0.2, -0.15) is 0 Å². The van der Waals surface area contributed by atoms with Crippen molar-refractivity contribution in [3.8, 4) is 0 Å². The van der Waals surface area contributed by atoms with E-state index in [-0.39, 0.29) is 0 Å². The van der Waals surface area contributed by atoms with Crippen LogP contribution in [0.15, 0.2) is 60.3 Å². The normalized spacial score (nSPS) is 14.7. The summed E-state index contributed by atoms with van der Waals surface area (Å²) in [4.78, 5) is 10.3. The first-order valence-corrected chi connectivity index (χ1v) is 7.79. The second kappa shape index (κ2) is 14.2. The van der Waals surface area contributed by atoms with Gasteiger partial charge in [0.25, 0.3) is 0 Å². The number of aldehydes is 1. The van der Waals surface area contributed by atoms with E-state index in [0.717, 1.165) is 36.8 Å². The van der Waals surface area contributed by atoms with Crippen molar-refractivity contribution in [2.24, 2.45) is 0 Å². The van der Waals surface area contributed by atoms with E-state index >= 15 is 0 Å². The van der Waals surface area contributed by atoms with Crippen LogP contribution in [0.2, 0.25) is 0 Å². The Balaban J connectivity index is 4.18. The molecule has 3 heteroatoms. The lowest BCUT2D eigenvalue weighted by Crippen LogP contribution is -2.28. The SMILES string of the molecule is C=C/C=C(\C=C/CCC=O)CCNCC(O)C(/C=C\C)=C/C. The number of aliphatic hydroxyl groups is 1. The van der Waals surface area contributed by atoms with Crippen LogP contribution >= 0.6 is 0 Å². The summed E-state index contributed by atoms with van der Waals surface area (Å²) in [5.41, 5.74) is 2.08. The van der Waals surface area contributed by atoms with Crippen LogP contribution in [0.1, 0.15) is 33.1 Å². The van der Waals surface area contributed by atoms with Gasteiger partial charge in [-0.1, -0.05) is 49.1 Å². The highest BCUT2D eigenvalue weighted by Gasteiger charge is 2.06. The molecule has 2 N–H and O–H groups in total. The van der Waals surface area contributed by atoms with Gasteiger partial charge < -0.3 is 15.2 Å². The Morgan fingerprint density at radius 2 is 2.05 bits per heavy atom. The smallest absolute Gasteiger partial charge is 0.120 e. The maximum absolute atomic E-state index is 10.3. The highest BCUT2D eigenvalue weighted by molar-refractivity contribution is 5.49. The number of rotatable bonds is 12. The van der Waals surface area contributed by atoms with E-state index in [1.807, 2.05) is 50.3 Å². The molecule has 0 fully saturated rings. The van der Waals surface area contributed by atoms with Crippen LogP contribution in [0.4, 0.5) is 0 Å². The van der Waals surface area contributed by atoms with E-state index in [4.69, 9.17) is 0 Å². The van der Waals surface area contributed by atoms with Crippen LogP contribution in [-0.2, 0) is 4.79 Å². The highest BCUT2D eigenvalue weighted by Crippen LogP contribution is 2.06. The Bertz CT molecular complexity index is 431. The average molecular weight is 303 g/mol. The fourth-order valence-corrected chi connectivity index (χ4v) is 1.95. The molecule has 0 saturated heterocycles. The van der Waals surface area contributed by atoms with Crippen molar-refractivity contribution >= 4 is 6.29 Å². The third-order valence-corrected chi connectivity index (χ3v) is 3.12. The van der Waals surface area contributed by atoms with Crippen LogP contribution in [0.25, 0.3) is 0 Å². The van der Waals surface area contributed by atoms with Crippen molar-refractivity contribution in [3.05, 3.63) is 60.3 Å². The summed E-state index contributed by atoms with van der Waals surface area (Å²) in [5, 5.41) is 13.3. The Hall–Kier alpha value is -1.71. The van der Waals surface area contributed by atoms with Gasteiger partial charge in [0, 0.05) is 13.0 Å². The molecule has 0 radical (unpaired) electrons. The molecule has 0 aliphatic carbocycles. The van der Waals surface area contributed by atoms with Crippen molar-refractivity contribution in [1.82, 2.24) is 5.32 Å². The van der Waals surface area contributed by atoms with Crippen molar-refractivity contribution in [1.29, 1.82) is 0 Å². The molecule has 0 spiro atoms.